The summed E-state index contributed by atoms with van der Waals surface area (Å²) in [5.41, 5.74) is -1.64. The van der Waals surface area contributed by atoms with Crippen LogP contribution in [0.2, 0.25) is 0 Å². The van der Waals surface area contributed by atoms with Gasteiger partial charge in [-0.1, -0.05) is 12.1 Å². The second kappa shape index (κ2) is 4.97. The molecule has 0 saturated carbocycles. The number of alkyl halides is 3. The van der Waals surface area contributed by atoms with Crippen molar-refractivity contribution in [3.05, 3.63) is 35.4 Å². The predicted molar refractivity (Wildman–Crippen MR) is 57.9 cm³/mol. The Bertz CT molecular complexity index is 421. The summed E-state index contributed by atoms with van der Waals surface area (Å²) >= 11 is 0. The van der Waals surface area contributed by atoms with Crippen molar-refractivity contribution in [2.75, 3.05) is 0 Å². The van der Waals surface area contributed by atoms with Crippen LogP contribution in [0.15, 0.2) is 24.3 Å². The molecule has 0 amide bonds. The summed E-state index contributed by atoms with van der Waals surface area (Å²) in [5.74, 6) is -1.13. The normalized spacial score (nSPS) is 12.5. The number of benzene rings is 1. The van der Waals surface area contributed by atoms with Gasteiger partial charge in [0.25, 0.3) is 0 Å². The molecular weight excluding hydrogens is 249 g/mol. The number of hydrogen-bond acceptors (Lipinski definition) is 2. The van der Waals surface area contributed by atoms with Crippen molar-refractivity contribution in [2.24, 2.45) is 0 Å². The third-order valence-electron chi connectivity index (χ3n) is 2.40. The summed E-state index contributed by atoms with van der Waals surface area (Å²) in [6, 6.07) is 4.40. The molecule has 0 heterocycles. The van der Waals surface area contributed by atoms with Crippen molar-refractivity contribution in [1.82, 2.24) is 0 Å². The molecule has 0 unspecified atom stereocenters. The zero-order valence-corrected chi connectivity index (χ0v) is 9.91. The molecule has 0 bridgehead atoms. The third kappa shape index (κ3) is 3.73. The molecule has 0 fully saturated rings. The minimum atomic E-state index is -4.38. The van der Waals surface area contributed by atoms with Crippen LogP contribution in [0.4, 0.5) is 13.2 Å². The maximum absolute atomic E-state index is 12.3. The number of rotatable bonds is 4. The molecule has 0 radical (unpaired) electrons. The second-order valence-electron chi connectivity index (χ2n) is 4.30. The minimum Gasteiger partial charge on any atom is -0.479 e. The first-order valence-electron chi connectivity index (χ1n) is 5.16. The monoisotopic (exact) mass is 262 g/mol. The van der Waals surface area contributed by atoms with Gasteiger partial charge in [-0.3, -0.25) is 0 Å². The Hall–Kier alpha value is -1.56. The zero-order chi connectivity index (χ0) is 14.0. The average molecular weight is 262 g/mol. The average Bonchev–Trinajstić information content (AvgIpc) is 2.25. The van der Waals surface area contributed by atoms with E-state index in [1.807, 2.05) is 0 Å². The Balaban J connectivity index is 2.68. The molecule has 0 atom stereocenters. The molecule has 1 rings (SSSR count). The summed E-state index contributed by atoms with van der Waals surface area (Å²) in [5, 5.41) is 8.80. The summed E-state index contributed by atoms with van der Waals surface area (Å²) in [6.07, 6.45) is -4.38. The lowest BCUT2D eigenvalue weighted by Gasteiger charge is -2.20. The number of aliphatic carboxylic acids is 1. The number of carbonyl (C=O) groups is 1. The van der Waals surface area contributed by atoms with E-state index in [0.29, 0.717) is 5.56 Å². The van der Waals surface area contributed by atoms with Crippen LogP contribution in [0.25, 0.3) is 0 Å². The van der Waals surface area contributed by atoms with Gasteiger partial charge in [0.2, 0.25) is 0 Å². The smallest absolute Gasteiger partial charge is 0.416 e. The number of carboxylic acids is 1. The summed E-state index contributed by atoms with van der Waals surface area (Å²) in [7, 11) is 0. The lowest BCUT2D eigenvalue weighted by molar-refractivity contribution is -0.162. The standard InChI is InChI=1S/C12H13F3O3/c1-11(2,10(16)17)18-7-8-3-5-9(6-4-8)12(13,14)15/h3-6H,7H2,1-2H3,(H,16,17). The van der Waals surface area contributed by atoms with E-state index in [9.17, 15) is 18.0 Å². The van der Waals surface area contributed by atoms with Crippen molar-refractivity contribution < 1.29 is 27.8 Å². The largest absolute Gasteiger partial charge is 0.479 e. The van der Waals surface area contributed by atoms with Crippen LogP contribution in [-0.4, -0.2) is 16.7 Å². The Morgan fingerprint density at radius 2 is 1.72 bits per heavy atom. The summed E-state index contributed by atoms with van der Waals surface area (Å²) < 4.78 is 42.0. The molecule has 0 aliphatic rings. The van der Waals surface area contributed by atoms with Gasteiger partial charge in [-0.25, -0.2) is 4.79 Å². The van der Waals surface area contributed by atoms with Crippen LogP contribution in [0.3, 0.4) is 0 Å². The lowest BCUT2D eigenvalue weighted by atomic mass is 10.1. The molecule has 1 N–H and O–H groups in total. The maximum Gasteiger partial charge on any atom is 0.416 e. The minimum absolute atomic E-state index is 0.0581. The van der Waals surface area contributed by atoms with E-state index in [2.05, 4.69) is 0 Å². The van der Waals surface area contributed by atoms with E-state index in [4.69, 9.17) is 9.84 Å². The maximum atomic E-state index is 12.3. The van der Waals surface area contributed by atoms with E-state index in [0.717, 1.165) is 12.1 Å². The van der Waals surface area contributed by atoms with Crippen molar-refractivity contribution in [3.63, 3.8) is 0 Å². The highest BCUT2D eigenvalue weighted by Crippen LogP contribution is 2.29. The first-order valence-corrected chi connectivity index (χ1v) is 5.16. The fraction of sp³-hybridized carbons (Fsp3) is 0.417. The summed E-state index contributed by atoms with van der Waals surface area (Å²) in [4.78, 5) is 10.8. The van der Waals surface area contributed by atoms with Gasteiger partial charge in [0, 0.05) is 0 Å². The van der Waals surface area contributed by atoms with Gasteiger partial charge in [0.05, 0.1) is 12.2 Å². The van der Waals surface area contributed by atoms with Gasteiger partial charge in [0.1, 0.15) is 0 Å². The number of ether oxygens (including phenoxy) is 1. The van der Waals surface area contributed by atoms with E-state index >= 15 is 0 Å². The van der Waals surface area contributed by atoms with Crippen LogP contribution in [0.5, 0.6) is 0 Å². The van der Waals surface area contributed by atoms with Gasteiger partial charge in [-0.15, -0.1) is 0 Å². The summed E-state index contributed by atoms with van der Waals surface area (Å²) in [6.45, 7) is 2.69. The van der Waals surface area contributed by atoms with Crippen molar-refractivity contribution in [2.45, 2.75) is 32.2 Å². The fourth-order valence-corrected chi connectivity index (χ4v) is 1.12. The van der Waals surface area contributed by atoms with Gasteiger partial charge in [-0.2, -0.15) is 13.2 Å². The molecule has 1 aromatic carbocycles. The van der Waals surface area contributed by atoms with Crippen LogP contribution in [0.1, 0.15) is 25.0 Å². The van der Waals surface area contributed by atoms with E-state index < -0.39 is 23.3 Å². The van der Waals surface area contributed by atoms with Crippen LogP contribution in [0, 0.1) is 0 Å². The molecular formula is C12H13F3O3. The molecule has 6 heteroatoms. The Morgan fingerprint density at radius 3 is 2.11 bits per heavy atom. The highest BCUT2D eigenvalue weighted by molar-refractivity contribution is 5.76. The molecule has 18 heavy (non-hydrogen) atoms. The fourth-order valence-electron chi connectivity index (χ4n) is 1.12. The van der Waals surface area contributed by atoms with Gasteiger partial charge in [-0.05, 0) is 31.5 Å². The number of hydrogen-bond donors (Lipinski definition) is 1. The van der Waals surface area contributed by atoms with Crippen LogP contribution < -0.4 is 0 Å². The quantitative estimate of drug-likeness (QED) is 0.907. The highest BCUT2D eigenvalue weighted by Gasteiger charge is 2.30. The molecule has 0 spiro atoms. The Kier molecular flexibility index (Phi) is 4.01. The molecule has 0 saturated heterocycles. The van der Waals surface area contributed by atoms with Crippen LogP contribution >= 0.6 is 0 Å². The van der Waals surface area contributed by atoms with Crippen LogP contribution in [-0.2, 0) is 22.3 Å². The zero-order valence-electron chi connectivity index (χ0n) is 9.91. The SMILES string of the molecule is CC(C)(OCc1ccc(C(F)(F)F)cc1)C(=O)O. The highest BCUT2D eigenvalue weighted by atomic mass is 19.4. The van der Waals surface area contributed by atoms with Crippen molar-refractivity contribution >= 4 is 5.97 Å². The Morgan fingerprint density at radius 1 is 1.22 bits per heavy atom. The van der Waals surface area contributed by atoms with E-state index in [1.165, 1.54) is 26.0 Å². The first kappa shape index (κ1) is 14.5. The second-order valence-corrected chi connectivity index (χ2v) is 4.30. The molecule has 0 aliphatic carbocycles. The van der Waals surface area contributed by atoms with E-state index in [-0.39, 0.29) is 6.61 Å². The number of carboxylic acid groups (broad SMARTS) is 1. The molecule has 1 aromatic rings. The Labute approximate surface area is 102 Å². The lowest BCUT2D eigenvalue weighted by Crippen LogP contribution is -2.34. The van der Waals surface area contributed by atoms with E-state index in [1.54, 1.807) is 0 Å². The van der Waals surface area contributed by atoms with Gasteiger partial charge >= 0.3 is 12.1 Å². The van der Waals surface area contributed by atoms with Crippen molar-refractivity contribution in [3.8, 4) is 0 Å². The van der Waals surface area contributed by atoms with Gasteiger partial charge < -0.3 is 9.84 Å². The predicted octanol–water partition coefficient (Wildman–Crippen LogP) is 3.09. The van der Waals surface area contributed by atoms with Gasteiger partial charge in [0.15, 0.2) is 5.60 Å². The van der Waals surface area contributed by atoms with Crippen molar-refractivity contribution in [1.29, 1.82) is 0 Å². The topological polar surface area (TPSA) is 46.5 Å². The number of halogens is 3. The third-order valence-corrected chi connectivity index (χ3v) is 2.40. The molecule has 100 valence electrons. The molecule has 0 aromatic heterocycles. The first-order chi connectivity index (χ1) is 8.13. The molecule has 3 nitrogen and oxygen atoms in total. The molecule has 0 aliphatic heterocycles.